The number of piperidine rings is 1. The molecule has 1 N–H and O–H groups in total. The summed E-state index contributed by atoms with van der Waals surface area (Å²) in [7, 11) is 5.01. The van der Waals surface area contributed by atoms with E-state index in [9.17, 15) is 9.59 Å². The van der Waals surface area contributed by atoms with Crippen LogP contribution in [0.15, 0.2) is 42.5 Å². The molecular weight excluding hydrogens is 394 g/mol. The van der Waals surface area contributed by atoms with Gasteiger partial charge in [-0.15, -0.1) is 0 Å². The van der Waals surface area contributed by atoms with Gasteiger partial charge in [-0.05, 0) is 55.2 Å². The molecule has 1 heterocycles. The summed E-state index contributed by atoms with van der Waals surface area (Å²) in [4.78, 5) is 29.2. The standard InChI is InChI=1S/C24H31N3O4/c1-17-13-21(30-3)22(31-4)14-19(17)15-26(2)23(28)18-9-8-12-27(16-18)24(29)25-20-10-6-5-7-11-20/h5-7,10-11,13-14,18H,8-9,12,15-16H2,1-4H3,(H,25,29)/t18-/m0/s1. The molecule has 2 aromatic rings. The highest BCUT2D eigenvalue weighted by Crippen LogP contribution is 2.31. The number of aryl methyl sites for hydroxylation is 1. The quantitative estimate of drug-likeness (QED) is 0.762. The Morgan fingerprint density at radius 1 is 1.13 bits per heavy atom. The molecule has 1 fully saturated rings. The maximum Gasteiger partial charge on any atom is 0.321 e. The van der Waals surface area contributed by atoms with Crippen LogP contribution in [0.25, 0.3) is 0 Å². The number of para-hydroxylation sites is 1. The van der Waals surface area contributed by atoms with Crippen molar-refractivity contribution in [2.75, 3.05) is 39.7 Å². The number of carbonyl (C=O) groups excluding carboxylic acids is 2. The topological polar surface area (TPSA) is 71.1 Å². The lowest BCUT2D eigenvalue weighted by Gasteiger charge is -2.34. The molecule has 2 aromatic carbocycles. The van der Waals surface area contributed by atoms with E-state index in [1.807, 2.05) is 56.4 Å². The van der Waals surface area contributed by atoms with Crippen molar-refractivity contribution >= 4 is 17.6 Å². The number of urea groups is 1. The van der Waals surface area contributed by atoms with Crippen LogP contribution in [0.2, 0.25) is 0 Å². The van der Waals surface area contributed by atoms with Gasteiger partial charge in [-0.25, -0.2) is 4.79 Å². The molecule has 0 radical (unpaired) electrons. The molecule has 0 aromatic heterocycles. The van der Waals surface area contributed by atoms with Crippen molar-refractivity contribution in [1.82, 2.24) is 9.80 Å². The van der Waals surface area contributed by atoms with E-state index in [4.69, 9.17) is 9.47 Å². The Balaban J connectivity index is 1.63. The first kappa shape index (κ1) is 22.5. The van der Waals surface area contributed by atoms with Crippen LogP contribution in [-0.4, -0.2) is 56.1 Å². The molecule has 1 saturated heterocycles. The third-order valence-corrected chi connectivity index (χ3v) is 5.71. The first-order chi connectivity index (χ1) is 14.9. The van der Waals surface area contributed by atoms with Crippen molar-refractivity contribution in [3.05, 3.63) is 53.6 Å². The summed E-state index contributed by atoms with van der Waals surface area (Å²) < 4.78 is 10.7. The number of amides is 3. The molecule has 0 bridgehead atoms. The molecular formula is C24H31N3O4. The number of carbonyl (C=O) groups is 2. The van der Waals surface area contributed by atoms with Crippen LogP contribution in [0, 0.1) is 12.8 Å². The number of anilines is 1. The van der Waals surface area contributed by atoms with Crippen molar-refractivity contribution in [2.24, 2.45) is 5.92 Å². The van der Waals surface area contributed by atoms with E-state index in [1.165, 1.54) is 0 Å². The Kier molecular flexibility index (Phi) is 7.39. The first-order valence-corrected chi connectivity index (χ1v) is 10.5. The number of rotatable bonds is 6. The van der Waals surface area contributed by atoms with Crippen molar-refractivity contribution in [2.45, 2.75) is 26.3 Å². The van der Waals surface area contributed by atoms with E-state index in [1.54, 1.807) is 24.0 Å². The largest absolute Gasteiger partial charge is 0.493 e. The second-order valence-electron chi connectivity index (χ2n) is 7.91. The van der Waals surface area contributed by atoms with E-state index >= 15 is 0 Å². The molecule has 1 aliphatic heterocycles. The van der Waals surface area contributed by atoms with Crippen LogP contribution in [0.4, 0.5) is 10.5 Å². The van der Waals surface area contributed by atoms with E-state index in [0.29, 0.717) is 31.1 Å². The van der Waals surface area contributed by atoms with Gasteiger partial charge in [0.15, 0.2) is 11.5 Å². The minimum atomic E-state index is -0.208. The van der Waals surface area contributed by atoms with Gasteiger partial charge in [-0.1, -0.05) is 18.2 Å². The number of likely N-dealkylation sites (tertiary alicyclic amines) is 1. The first-order valence-electron chi connectivity index (χ1n) is 10.5. The summed E-state index contributed by atoms with van der Waals surface area (Å²) in [6.45, 7) is 3.54. The van der Waals surface area contributed by atoms with E-state index < -0.39 is 0 Å². The summed E-state index contributed by atoms with van der Waals surface area (Å²) >= 11 is 0. The predicted molar refractivity (Wildman–Crippen MR) is 121 cm³/mol. The molecule has 3 rings (SSSR count). The summed E-state index contributed by atoms with van der Waals surface area (Å²) in [5.41, 5.74) is 2.79. The Labute approximate surface area is 183 Å². The Morgan fingerprint density at radius 3 is 2.48 bits per heavy atom. The molecule has 0 saturated carbocycles. The van der Waals surface area contributed by atoms with E-state index in [0.717, 1.165) is 29.7 Å². The van der Waals surface area contributed by atoms with Gasteiger partial charge in [0, 0.05) is 32.4 Å². The van der Waals surface area contributed by atoms with Crippen molar-refractivity contribution < 1.29 is 19.1 Å². The Morgan fingerprint density at radius 2 is 1.81 bits per heavy atom. The van der Waals surface area contributed by atoms with Crippen molar-refractivity contribution in [3.8, 4) is 11.5 Å². The second kappa shape index (κ2) is 10.2. The zero-order chi connectivity index (χ0) is 22.4. The van der Waals surface area contributed by atoms with Crippen molar-refractivity contribution in [3.63, 3.8) is 0 Å². The van der Waals surface area contributed by atoms with Gasteiger partial charge < -0.3 is 24.6 Å². The molecule has 1 atom stereocenters. The average Bonchev–Trinajstić information content (AvgIpc) is 2.80. The second-order valence-corrected chi connectivity index (χ2v) is 7.91. The summed E-state index contributed by atoms with van der Waals surface area (Å²) in [5, 5.41) is 2.91. The number of nitrogens with one attached hydrogen (secondary N) is 1. The van der Waals surface area contributed by atoms with Crippen LogP contribution in [-0.2, 0) is 11.3 Å². The number of ether oxygens (including phenoxy) is 2. The molecule has 0 aliphatic carbocycles. The zero-order valence-corrected chi connectivity index (χ0v) is 18.7. The maximum absolute atomic E-state index is 13.1. The lowest BCUT2D eigenvalue weighted by atomic mass is 9.96. The molecule has 166 valence electrons. The van der Waals surface area contributed by atoms with Crippen LogP contribution in [0.3, 0.4) is 0 Å². The summed E-state index contributed by atoms with van der Waals surface area (Å²) in [6.07, 6.45) is 1.59. The highest BCUT2D eigenvalue weighted by atomic mass is 16.5. The number of hydrogen-bond donors (Lipinski definition) is 1. The smallest absolute Gasteiger partial charge is 0.321 e. The SMILES string of the molecule is COc1cc(C)c(CN(C)C(=O)[C@H]2CCCN(C(=O)Nc3ccccc3)C2)cc1OC. The minimum absolute atomic E-state index is 0.0476. The van der Waals surface area contributed by atoms with Gasteiger partial charge in [-0.2, -0.15) is 0 Å². The number of benzene rings is 2. The number of methoxy groups -OCH3 is 2. The highest BCUT2D eigenvalue weighted by molar-refractivity contribution is 5.90. The molecule has 1 aliphatic rings. The van der Waals surface area contributed by atoms with Gasteiger partial charge in [0.1, 0.15) is 0 Å². The minimum Gasteiger partial charge on any atom is -0.493 e. The summed E-state index contributed by atoms with van der Waals surface area (Å²) in [6, 6.07) is 13.0. The average molecular weight is 426 g/mol. The molecule has 3 amide bonds. The predicted octanol–water partition coefficient (Wildman–Crippen LogP) is 3.91. The fourth-order valence-corrected chi connectivity index (χ4v) is 3.93. The van der Waals surface area contributed by atoms with Crippen molar-refractivity contribution in [1.29, 1.82) is 0 Å². The monoisotopic (exact) mass is 425 g/mol. The number of hydrogen-bond acceptors (Lipinski definition) is 4. The summed E-state index contributed by atoms with van der Waals surface area (Å²) in [5.74, 6) is 1.16. The van der Waals surface area contributed by atoms with Gasteiger partial charge >= 0.3 is 6.03 Å². The van der Waals surface area contributed by atoms with E-state index in [2.05, 4.69) is 5.32 Å². The highest BCUT2D eigenvalue weighted by Gasteiger charge is 2.30. The third kappa shape index (κ3) is 5.48. The van der Waals surface area contributed by atoms with Crippen LogP contribution in [0.5, 0.6) is 11.5 Å². The van der Waals surface area contributed by atoms with Gasteiger partial charge in [-0.3, -0.25) is 4.79 Å². The van der Waals surface area contributed by atoms with Crippen LogP contribution < -0.4 is 14.8 Å². The fraction of sp³-hybridized carbons (Fsp3) is 0.417. The molecule has 7 heteroatoms. The number of nitrogens with zero attached hydrogens (tertiary/aromatic N) is 2. The van der Waals surface area contributed by atoms with Gasteiger partial charge in [0.2, 0.25) is 5.91 Å². The lowest BCUT2D eigenvalue weighted by molar-refractivity contribution is -0.136. The Hall–Kier alpha value is -3.22. The van der Waals surface area contributed by atoms with Crippen LogP contribution >= 0.6 is 0 Å². The van der Waals surface area contributed by atoms with Gasteiger partial charge in [0.05, 0.1) is 20.1 Å². The lowest BCUT2D eigenvalue weighted by Crippen LogP contribution is -2.47. The van der Waals surface area contributed by atoms with Crippen LogP contribution in [0.1, 0.15) is 24.0 Å². The van der Waals surface area contributed by atoms with Gasteiger partial charge in [0.25, 0.3) is 0 Å². The molecule has 0 spiro atoms. The molecule has 0 unspecified atom stereocenters. The molecule has 31 heavy (non-hydrogen) atoms. The maximum atomic E-state index is 13.1. The zero-order valence-electron chi connectivity index (χ0n) is 18.7. The Bertz CT molecular complexity index is 917. The fourth-order valence-electron chi connectivity index (χ4n) is 3.93. The third-order valence-electron chi connectivity index (χ3n) is 5.71. The normalized spacial score (nSPS) is 15.9. The van der Waals surface area contributed by atoms with E-state index in [-0.39, 0.29) is 17.9 Å². The molecule has 7 nitrogen and oxygen atoms in total.